The summed E-state index contributed by atoms with van der Waals surface area (Å²) in [4.78, 5) is 6.87. The van der Waals surface area contributed by atoms with Crippen LogP contribution in [0.15, 0.2) is 52.4 Å². The molecule has 0 spiro atoms. The Balaban J connectivity index is 2.19. The molecular formula is C13H9NS. The van der Waals surface area contributed by atoms with E-state index in [0.29, 0.717) is 0 Å². The van der Waals surface area contributed by atoms with Crippen molar-refractivity contribution >= 4 is 23.9 Å². The molecule has 0 fully saturated rings. The van der Waals surface area contributed by atoms with Crippen LogP contribution in [0.3, 0.4) is 0 Å². The summed E-state index contributed by atoms with van der Waals surface area (Å²) in [5.41, 5.74) is 2.32. The number of nitrogens with zero attached hydrogens (tertiary/aromatic N) is 1. The monoisotopic (exact) mass is 211 g/mol. The summed E-state index contributed by atoms with van der Waals surface area (Å²) in [6.07, 6.45) is 6.04. The zero-order valence-electron chi connectivity index (χ0n) is 8.05. The first-order valence-electron chi connectivity index (χ1n) is 4.83. The van der Waals surface area contributed by atoms with Gasteiger partial charge in [-0.2, -0.15) is 0 Å². The SMILES string of the molecule is C1=Cc2ncccc2Sc2ccccc21. The first-order valence-corrected chi connectivity index (χ1v) is 5.65. The molecule has 1 aliphatic heterocycles. The maximum Gasteiger partial charge on any atom is 0.0769 e. The Hall–Kier alpha value is -1.54. The smallest absolute Gasteiger partial charge is 0.0769 e. The highest BCUT2D eigenvalue weighted by Gasteiger charge is 2.08. The fourth-order valence-corrected chi connectivity index (χ4v) is 2.62. The molecule has 2 aromatic rings. The van der Waals surface area contributed by atoms with Gasteiger partial charge in [0.2, 0.25) is 0 Å². The number of pyridine rings is 1. The Bertz CT molecular complexity index is 484. The third kappa shape index (κ3) is 1.57. The van der Waals surface area contributed by atoms with E-state index >= 15 is 0 Å². The van der Waals surface area contributed by atoms with Crippen LogP contribution in [0.5, 0.6) is 0 Å². The average Bonchev–Trinajstić information content (AvgIpc) is 2.48. The quantitative estimate of drug-likeness (QED) is 0.562. The van der Waals surface area contributed by atoms with Gasteiger partial charge in [-0.3, -0.25) is 4.98 Å². The Morgan fingerprint density at radius 2 is 1.73 bits per heavy atom. The van der Waals surface area contributed by atoms with Crippen molar-refractivity contribution in [3.05, 3.63) is 53.9 Å². The lowest BCUT2D eigenvalue weighted by Gasteiger charge is -2.03. The van der Waals surface area contributed by atoms with E-state index in [-0.39, 0.29) is 0 Å². The van der Waals surface area contributed by atoms with Crippen LogP contribution < -0.4 is 0 Å². The van der Waals surface area contributed by atoms with Crippen molar-refractivity contribution < 1.29 is 0 Å². The largest absolute Gasteiger partial charge is 0.256 e. The minimum absolute atomic E-state index is 1.05. The molecule has 15 heavy (non-hydrogen) atoms. The van der Waals surface area contributed by atoms with Crippen LogP contribution >= 0.6 is 11.8 Å². The molecule has 0 amide bonds. The summed E-state index contributed by atoms with van der Waals surface area (Å²) in [6, 6.07) is 12.5. The zero-order valence-corrected chi connectivity index (χ0v) is 8.87. The van der Waals surface area contributed by atoms with E-state index in [0.717, 1.165) is 5.69 Å². The molecule has 0 saturated heterocycles. The predicted molar refractivity (Wildman–Crippen MR) is 63.7 cm³/mol. The number of benzene rings is 1. The highest BCUT2D eigenvalue weighted by molar-refractivity contribution is 7.99. The van der Waals surface area contributed by atoms with Gasteiger partial charge in [0.25, 0.3) is 0 Å². The molecule has 0 bridgehead atoms. The van der Waals surface area contributed by atoms with Gasteiger partial charge in [-0.05, 0) is 29.8 Å². The normalized spacial score (nSPS) is 12.8. The topological polar surface area (TPSA) is 12.9 Å². The number of aromatic nitrogens is 1. The highest BCUT2D eigenvalue weighted by Crippen LogP contribution is 2.35. The summed E-state index contributed by atoms with van der Waals surface area (Å²) in [5, 5.41) is 0. The van der Waals surface area contributed by atoms with Gasteiger partial charge in [0.1, 0.15) is 0 Å². The van der Waals surface area contributed by atoms with Crippen LogP contribution in [-0.2, 0) is 0 Å². The molecule has 72 valence electrons. The fourth-order valence-electron chi connectivity index (χ4n) is 1.61. The number of fused-ring (bicyclic) bond motifs is 2. The number of hydrogen-bond acceptors (Lipinski definition) is 2. The van der Waals surface area contributed by atoms with Crippen LogP contribution in [-0.4, -0.2) is 4.98 Å². The van der Waals surface area contributed by atoms with E-state index in [1.165, 1.54) is 15.4 Å². The van der Waals surface area contributed by atoms with Gasteiger partial charge in [-0.15, -0.1) is 0 Å². The molecule has 0 aliphatic carbocycles. The number of rotatable bonds is 0. The van der Waals surface area contributed by atoms with Gasteiger partial charge in [-0.1, -0.05) is 36.0 Å². The molecule has 0 radical (unpaired) electrons. The van der Waals surface area contributed by atoms with Crippen LogP contribution in [0.1, 0.15) is 11.3 Å². The lowest BCUT2D eigenvalue weighted by Crippen LogP contribution is -1.81. The standard InChI is InChI=1S/C13H9NS/c1-2-5-12-10(4-1)7-8-11-13(15-12)6-3-9-14-11/h1-9H. The predicted octanol–water partition coefficient (Wildman–Crippen LogP) is 3.72. The molecule has 2 heterocycles. The molecule has 1 aliphatic rings. The summed E-state index contributed by atoms with van der Waals surface area (Å²) in [6.45, 7) is 0. The van der Waals surface area contributed by atoms with Gasteiger partial charge in [0.05, 0.1) is 5.69 Å². The Morgan fingerprint density at radius 1 is 0.867 bits per heavy atom. The summed E-state index contributed by atoms with van der Waals surface area (Å²) in [5.74, 6) is 0. The first-order chi connectivity index (χ1) is 7.43. The molecule has 2 heteroatoms. The van der Waals surface area contributed by atoms with Gasteiger partial charge in [0, 0.05) is 16.0 Å². The molecule has 1 nitrogen and oxygen atoms in total. The van der Waals surface area contributed by atoms with E-state index < -0.39 is 0 Å². The third-order valence-corrected chi connectivity index (χ3v) is 3.52. The fraction of sp³-hybridized carbons (Fsp3) is 0. The Labute approximate surface area is 92.9 Å². The van der Waals surface area contributed by atoms with Crippen molar-refractivity contribution in [3.8, 4) is 0 Å². The first kappa shape index (κ1) is 8.74. The zero-order chi connectivity index (χ0) is 10.1. The van der Waals surface area contributed by atoms with Crippen LogP contribution in [0.4, 0.5) is 0 Å². The summed E-state index contributed by atoms with van der Waals surface area (Å²) >= 11 is 1.78. The van der Waals surface area contributed by atoms with E-state index in [1.807, 2.05) is 12.3 Å². The van der Waals surface area contributed by atoms with Crippen molar-refractivity contribution in [2.45, 2.75) is 9.79 Å². The molecule has 0 saturated carbocycles. The van der Waals surface area contributed by atoms with Crippen molar-refractivity contribution in [1.82, 2.24) is 4.98 Å². The Morgan fingerprint density at radius 3 is 2.73 bits per heavy atom. The summed E-state index contributed by atoms with van der Waals surface area (Å²) < 4.78 is 0. The minimum atomic E-state index is 1.05. The third-order valence-electron chi connectivity index (χ3n) is 2.36. The molecule has 0 atom stereocenters. The molecule has 0 unspecified atom stereocenters. The van der Waals surface area contributed by atoms with Crippen molar-refractivity contribution in [3.63, 3.8) is 0 Å². The number of hydrogen-bond donors (Lipinski definition) is 0. The van der Waals surface area contributed by atoms with Crippen molar-refractivity contribution in [1.29, 1.82) is 0 Å². The van der Waals surface area contributed by atoms with Crippen LogP contribution in [0, 0.1) is 0 Å². The van der Waals surface area contributed by atoms with E-state index in [9.17, 15) is 0 Å². The lowest BCUT2D eigenvalue weighted by atomic mass is 10.2. The van der Waals surface area contributed by atoms with Crippen molar-refractivity contribution in [2.24, 2.45) is 0 Å². The van der Waals surface area contributed by atoms with Crippen LogP contribution in [0.25, 0.3) is 12.2 Å². The van der Waals surface area contributed by atoms with Gasteiger partial charge in [-0.25, -0.2) is 0 Å². The van der Waals surface area contributed by atoms with Gasteiger partial charge < -0.3 is 0 Å². The highest BCUT2D eigenvalue weighted by atomic mass is 32.2. The molecule has 1 aromatic heterocycles. The minimum Gasteiger partial charge on any atom is -0.256 e. The molecular weight excluding hydrogens is 202 g/mol. The lowest BCUT2D eigenvalue weighted by molar-refractivity contribution is 1.20. The van der Waals surface area contributed by atoms with Crippen LogP contribution in [0.2, 0.25) is 0 Å². The van der Waals surface area contributed by atoms with Gasteiger partial charge in [0.15, 0.2) is 0 Å². The maximum atomic E-state index is 4.35. The maximum absolute atomic E-state index is 4.35. The summed E-state index contributed by atoms with van der Waals surface area (Å²) in [7, 11) is 0. The van der Waals surface area contributed by atoms with E-state index in [4.69, 9.17) is 0 Å². The van der Waals surface area contributed by atoms with E-state index in [1.54, 1.807) is 11.8 Å². The molecule has 0 N–H and O–H groups in total. The average molecular weight is 211 g/mol. The molecule has 1 aromatic carbocycles. The van der Waals surface area contributed by atoms with E-state index in [2.05, 4.69) is 47.5 Å². The Kier molecular flexibility index (Phi) is 2.07. The second kappa shape index (κ2) is 3.55. The second-order valence-electron chi connectivity index (χ2n) is 3.36. The van der Waals surface area contributed by atoms with Gasteiger partial charge >= 0.3 is 0 Å². The second-order valence-corrected chi connectivity index (χ2v) is 4.44. The molecule has 3 rings (SSSR count). The van der Waals surface area contributed by atoms with Crippen molar-refractivity contribution in [2.75, 3.05) is 0 Å².